The third-order valence-electron chi connectivity index (χ3n) is 11.1. The molecule has 5 fully saturated rings. The quantitative estimate of drug-likeness (QED) is 0.720. The Balaban J connectivity index is 1.25. The number of carbonyl (C=O) groups excluding carboxylic acids is 1. The van der Waals surface area contributed by atoms with Crippen molar-refractivity contribution < 1.29 is 9.90 Å². The van der Waals surface area contributed by atoms with Gasteiger partial charge in [0, 0.05) is 36.8 Å². The van der Waals surface area contributed by atoms with Crippen molar-refractivity contribution in [3.63, 3.8) is 0 Å². The van der Waals surface area contributed by atoms with E-state index in [1.807, 2.05) is 6.07 Å². The number of likely N-dealkylation sites (tertiary alicyclic amines) is 2. The normalized spacial score (nSPS) is 38.8. The lowest BCUT2D eigenvalue weighted by Crippen LogP contribution is -2.70. The molecule has 4 aliphatic carbocycles. The standard InChI is InChI=1S/C29H33N3O3/c33-20-6-5-18-12-24-28-8-7-23-25(29(28,22(18)13-20)9-11-31(24)15-17-3-4-17)19(14-28)16-32(23)27(35)21-2-1-10-30-26(21)34/h1-2,5-6,10,13,17,19,23-25,33H,3-4,7-9,11-12,14-16H2,(H,30,34)/t19-,23-,24?,25?,28?,29?/m1/s1. The fraction of sp³-hybridized carbons (Fsp3) is 0.586. The summed E-state index contributed by atoms with van der Waals surface area (Å²) in [6, 6.07) is 10.3. The van der Waals surface area contributed by atoms with Crippen LogP contribution in [0.1, 0.15) is 60.0 Å². The zero-order valence-electron chi connectivity index (χ0n) is 20.1. The van der Waals surface area contributed by atoms with E-state index in [9.17, 15) is 14.7 Å². The Morgan fingerprint density at radius 3 is 2.89 bits per heavy atom. The van der Waals surface area contributed by atoms with E-state index < -0.39 is 0 Å². The number of nitrogens with one attached hydrogen (secondary N) is 1. The van der Waals surface area contributed by atoms with Crippen LogP contribution in [0.25, 0.3) is 0 Å². The lowest BCUT2D eigenvalue weighted by Gasteiger charge is -2.66. The summed E-state index contributed by atoms with van der Waals surface area (Å²) in [5, 5.41) is 10.6. The molecule has 1 aromatic heterocycles. The van der Waals surface area contributed by atoms with E-state index in [4.69, 9.17) is 0 Å². The second kappa shape index (κ2) is 6.78. The van der Waals surface area contributed by atoms with Gasteiger partial charge in [0.25, 0.3) is 11.5 Å². The third kappa shape index (κ3) is 2.49. The largest absolute Gasteiger partial charge is 0.508 e. The van der Waals surface area contributed by atoms with Crippen molar-refractivity contribution in [2.45, 2.75) is 62.4 Å². The van der Waals surface area contributed by atoms with Crippen LogP contribution >= 0.6 is 0 Å². The Bertz CT molecular complexity index is 1300. The zero-order valence-corrected chi connectivity index (χ0v) is 20.1. The highest BCUT2D eigenvalue weighted by Crippen LogP contribution is 2.75. The molecule has 6 heteroatoms. The molecule has 0 spiro atoms. The van der Waals surface area contributed by atoms with Gasteiger partial charge in [-0.2, -0.15) is 0 Å². The summed E-state index contributed by atoms with van der Waals surface area (Å²) in [5.41, 5.74) is 3.03. The van der Waals surface area contributed by atoms with Gasteiger partial charge in [-0.15, -0.1) is 0 Å². The first kappa shape index (κ1) is 20.6. The van der Waals surface area contributed by atoms with Crippen LogP contribution in [-0.2, 0) is 11.8 Å². The van der Waals surface area contributed by atoms with Crippen LogP contribution in [0.4, 0.5) is 0 Å². The third-order valence-corrected chi connectivity index (χ3v) is 11.1. The molecule has 1 aromatic carbocycles. The Morgan fingerprint density at radius 1 is 1.17 bits per heavy atom. The molecule has 2 aliphatic heterocycles. The number of phenolic OH excluding ortho intramolecular Hbond substituents is 1. The van der Waals surface area contributed by atoms with Crippen molar-refractivity contribution in [3.8, 4) is 5.75 Å². The number of aromatic amines is 1. The van der Waals surface area contributed by atoms with Crippen LogP contribution in [0.15, 0.2) is 41.3 Å². The number of amides is 1. The topological polar surface area (TPSA) is 76.6 Å². The van der Waals surface area contributed by atoms with Crippen molar-refractivity contribution in [3.05, 3.63) is 63.6 Å². The van der Waals surface area contributed by atoms with Gasteiger partial charge in [0.2, 0.25) is 0 Å². The van der Waals surface area contributed by atoms with E-state index in [0.29, 0.717) is 23.6 Å². The average Bonchev–Trinajstić information content (AvgIpc) is 3.54. The SMILES string of the molecule is O=C(c1ccc[nH]c1=O)N1C[C@H]2CC34CC[C@@H]1C2C31CCN(CC2CC2)C4Cc2ccc(O)cc21. The minimum Gasteiger partial charge on any atom is -0.508 e. The summed E-state index contributed by atoms with van der Waals surface area (Å²) in [7, 11) is 0. The minimum atomic E-state index is -0.292. The molecule has 6 atom stereocenters. The van der Waals surface area contributed by atoms with Gasteiger partial charge >= 0.3 is 0 Å². The summed E-state index contributed by atoms with van der Waals surface area (Å²) < 4.78 is 0. The molecule has 6 aliphatic rings. The van der Waals surface area contributed by atoms with Crippen molar-refractivity contribution in [2.24, 2.45) is 23.2 Å². The van der Waals surface area contributed by atoms with Gasteiger partial charge in [-0.25, -0.2) is 0 Å². The molecule has 2 aromatic rings. The Hall–Kier alpha value is -2.60. The first-order valence-corrected chi connectivity index (χ1v) is 13.6. The Labute approximate surface area is 205 Å². The lowest BCUT2D eigenvalue weighted by molar-refractivity contribution is -0.102. The van der Waals surface area contributed by atoms with Crippen LogP contribution in [0.2, 0.25) is 0 Å². The number of rotatable bonds is 3. The predicted octanol–water partition coefficient (Wildman–Crippen LogP) is 3.30. The number of fused-ring (bicyclic) bond motifs is 1. The molecular weight excluding hydrogens is 438 g/mol. The highest BCUT2D eigenvalue weighted by molar-refractivity contribution is 5.94. The number of phenols is 1. The van der Waals surface area contributed by atoms with Crippen LogP contribution in [0.5, 0.6) is 5.75 Å². The maximum absolute atomic E-state index is 13.7. The number of aromatic nitrogens is 1. The van der Waals surface area contributed by atoms with Gasteiger partial charge in [-0.1, -0.05) is 6.07 Å². The molecule has 8 rings (SSSR count). The fourth-order valence-corrected chi connectivity index (χ4v) is 9.92. The summed E-state index contributed by atoms with van der Waals surface area (Å²) in [5.74, 6) is 2.02. The van der Waals surface area contributed by atoms with Crippen LogP contribution in [0.3, 0.4) is 0 Å². The second-order valence-electron chi connectivity index (χ2n) is 12.3. The van der Waals surface area contributed by atoms with Gasteiger partial charge in [0.1, 0.15) is 11.3 Å². The maximum Gasteiger partial charge on any atom is 0.260 e. The number of carbonyl (C=O) groups is 1. The number of benzene rings is 1. The Morgan fingerprint density at radius 2 is 2.06 bits per heavy atom. The van der Waals surface area contributed by atoms with E-state index in [1.54, 1.807) is 18.3 Å². The summed E-state index contributed by atoms with van der Waals surface area (Å²) >= 11 is 0. The van der Waals surface area contributed by atoms with E-state index in [1.165, 1.54) is 36.9 Å². The summed E-state index contributed by atoms with van der Waals surface area (Å²) in [6.07, 6.45) is 9.91. The molecule has 2 saturated heterocycles. The van der Waals surface area contributed by atoms with Crippen molar-refractivity contribution in [1.29, 1.82) is 0 Å². The minimum absolute atomic E-state index is 0.0236. The Kier molecular flexibility index (Phi) is 3.99. The molecule has 4 bridgehead atoms. The first-order valence-electron chi connectivity index (χ1n) is 13.6. The summed E-state index contributed by atoms with van der Waals surface area (Å²) in [6.45, 7) is 3.13. The van der Waals surface area contributed by atoms with Gasteiger partial charge < -0.3 is 15.0 Å². The number of nitrogens with zero attached hydrogens (tertiary/aromatic N) is 2. The monoisotopic (exact) mass is 471 g/mol. The maximum atomic E-state index is 13.7. The van der Waals surface area contributed by atoms with Crippen molar-refractivity contribution in [2.75, 3.05) is 19.6 Å². The van der Waals surface area contributed by atoms with Gasteiger partial charge in [0.15, 0.2) is 0 Å². The van der Waals surface area contributed by atoms with Crippen LogP contribution in [0, 0.1) is 23.2 Å². The first-order chi connectivity index (χ1) is 17.0. The van der Waals surface area contributed by atoms with Crippen LogP contribution < -0.4 is 5.56 Å². The van der Waals surface area contributed by atoms with Crippen molar-refractivity contribution in [1.82, 2.24) is 14.8 Å². The number of H-pyrrole nitrogens is 1. The summed E-state index contributed by atoms with van der Waals surface area (Å²) in [4.78, 5) is 33.7. The number of hydrogen-bond donors (Lipinski definition) is 2. The van der Waals surface area contributed by atoms with E-state index >= 15 is 0 Å². The molecule has 6 nitrogen and oxygen atoms in total. The zero-order chi connectivity index (χ0) is 23.5. The number of aromatic hydroxyl groups is 1. The highest BCUT2D eigenvalue weighted by Gasteiger charge is 2.76. The molecular formula is C29H33N3O3. The molecule has 1 amide bonds. The molecule has 0 radical (unpaired) electrons. The predicted molar refractivity (Wildman–Crippen MR) is 131 cm³/mol. The second-order valence-corrected chi connectivity index (χ2v) is 12.3. The van der Waals surface area contributed by atoms with Gasteiger partial charge in [0.05, 0.1) is 0 Å². The molecule has 3 saturated carbocycles. The molecule has 182 valence electrons. The van der Waals surface area contributed by atoms with E-state index in [2.05, 4.69) is 26.9 Å². The van der Waals surface area contributed by atoms with Crippen molar-refractivity contribution >= 4 is 5.91 Å². The number of hydrogen-bond acceptors (Lipinski definition) is 4. The van der Waals surface area contributed by atoms with E-state index in [-0.39, 0.29) is 33.9 Å². The number of piperidine rings is 1. The number of pyridine rings is 1. The highest BCUT2D eigenvalue weighted by atomic mass is 16.3. The van der Waals surface area contributed by atoms with Gasteiger partial charge in [-0.05, 0) is 110 Å². The fourth-order valence-electron chi connectivity index (χ4n) is 9.92. The van der Waals surface area contributed by atoms with E-state index in [0.717, 1.165) is 44.7 Å². The lowest BCUT2D eigenvalue weighted by atomic mass is 9.43. The average molecular weight is 472 g/mol. The molecule has 4 unspecified atom stereocenters. The molecule has 3 heterocycles. The smallest absolute Gasteiger partial charge is 0.260 e. The molecule has 2 N–H and O–H groups in total. The van der Waals surface area contributed by atoms with Gasteiger partial charge in [-0.3, -0.25) is 14.5 Å². The van der Waals surface area contributed by atoms with Crippen LogP contribution in [-0.4, -0.2) is 57.5 Å². The molecule has 35 heavy (non-hydrogen) atoms.